The maximum atomic E-state index is 14.9. The highest BCUT2D eigenvalue weighted by Crippen LogP contribution is 2.43. The molecule has 2 heterocycles. The van der Waals surface area contributed by atoms with Crippen molar-refractivity contribution in [2.75, 3.05) is 19.5 Å². The molecule has 0 radical (unpaired) electrons. The number of aryl methyl sites for hydroxylation is 1. The summed E-state index contributed by atoms with van der Waals surface area (Å²) in [4.78, 5) is 19.8. The molecule has 28 heavy (non-hydrogen) atoms. The van der Waals surface area contributed by atoms with Gasteiger partial charge in [0.25, 0.3) is 5.91 Å². The first-order chi connectivity index (χ1) is 13.5. The summed E-state index contributed by atoms with van der Waals surface area (Å²) < 4.78 is 25.6. The predicted octanol–water partition coefficient (Wildman–Crippen LogP) is 4.03. The van der Waals surface area contributed by atoms with Gasteiger partial charge in [-0.3, -0.25) is 4.79 Å². The zero-order valence-electron chi connectivity index (χ0n) is 15.6. The van der Waals surface area contributed by atoms with E-state index in [1.165, 1.54) is 20.3 Å². The van der Waals surface area contributed by atoms with Crippen LogP contribution in [0, 0.1) is 12.7 Å². The first-order valence-corrected chi connectivity index (χ1v) is 8.61. The Bertz CT molecular complexity index is 1120. The Morgan fingerprint density at radius 2 is 1.86 bits per heavy atom. The summed E-state index contributed by atoms with van der Waals surface area (Å²) in [6, 6.07) is 8.04. The van der Waals surface area contributed by atoms with E-state index in [1.807, 2.05) is 6.92 Å². The average molecular weight is 379 g/mol. The van der Waals surface area contributed by atoms with E-state index in [2.05, 4.69) is 15.3 Å². The number of fused-ring (bicyclic) bond motifs is 1. The third-order valence-corrected chi connectivity index (χ3v) is 4.74. The van der Waals surface area contributed by atoms with Gasteiger partial charge in [0.15, 0.2) is 11.5 Å². The van der Waals surface area contributed by atoms with Crippen LogP contribution in [-0.4, -0.2) is 30.1 Å². The molecule has 3 aromatic rings. The fourth-order valence-corrected chi connectivity index (χ4v) is 3.33. The number of benzene rings is 2. The lowest BCUT2D eigenvalue weighted by Gasteiger charge is -2.13. The van der Waals surface area contributed by atoms with Gasteiger partial charge in [-0.1, -0.05) is 6.07 Å². The maximum Gasteiger partial charge on any atom is 0.256 e. The molecule has 2 aromatic carbocycles. The molecule has 2 N–H and O–H groups in total. The van der Waals surface area contributed by atoms with Gasteiger partial charge in [-0.2, -0.15) is 0 Å². The van der Waals surface area contributed by atoms with Crippen molar-refractivity contribution in [2.45, 2.75) is 6.92 Å². The van der Waals surface area contributed by atoms with Crippen LogP contribution in [-0.2, 0) is 4.79 Å². The smallest absolute Gasteiger partial charge is 0.256 e. The van der Waals surface area contributed by atoms with Crippen LogP contribution in [0.5, 0.6) is 11.5 Å². The van der Waals surface area contributed by atoms with Gasteiger partial charge in [0.1, 0.15) is 5.82 Å². The number of carbonyl (C=O) groups excluding carboxylic acids is 1. The minimum absolute atomic E-state index is 0.301. The van der Waals surface area contributed by atoms with Crippen LogP contribution < -0.4 is 14.8 Å². The second-order valence-corrected chi connectivity index (χ2v) is 6.34. The number of anilines is 1. The number of H-pyrrole nitrogens is 1. The number of nitrogens with zero attached hydrogens (tertiary/aromatic N) is 1. The second-order valence-electron chi connectivity index (χ2n) is 6.34. The number of imidazole rings is 1. The monoisotopic (exact) mass is 379 g/mol. The van der Waals surface area contributed by atoms with Crippen LogP contribution in [0.2, 0.25) is 0 Å². The number of aromatic amines is 1. The number of halogens is 1. The van der Waals surface area contributed by atoms with E-state index in [0.717, 1.165) is 5.69 Å². The fraction of sp³-hybridized carbons (Fsp3) is 0.143. The standard InChI is InChI=1S/C21H18FN3O3/c1-11-16(24-10-23-11)9-13-20-15(25-21(13)26)6-5-14(22)19(20)12-4-7-17(27-2)18(8-12)28-3/h4-10H,1-3H3,(H,23,24)(H,25,26). The molecule has 1 aliphatic heterocycles. The van der Waals surface area contributed by atoms with E-state index in [1.54, 1.807) is 36.7 Å². The number of aromatic nitrogens is 2. The largest absolute Gasteiger partial charge is 0.493 e. The highest BCUT2D eigenvalue weighted by atomic mass is 19.1. The summed E-state index contributed by atoms with van der Waals surface area (Å²) in [7, 11) is 3.05. The Morgan fingerprint density at radius 1 is 1.07 bits per heavy atom. The number of methoxy groups -OCH3 is 2. The molecule has 0 saturated heterocycles. The lowest BCUT2D eigenvalue weighted by atomic mass is 9.93. The molecule has 0 aliphatic carbocycles. The Morgan fingerprint density at radius 3 is 2.54 bits per heavy atom. The van der Waals surface area contributed by atoms with Crippen molar-refractivity contribution in [3.63, 3.8) is 0 Å². The molecular formula is C21H18FN3O3. The molecule has 0 fully saturated rings. The predicted molar refractivity (Wildman–Crippen MR) is 105 cm³/mol. The van der Waals surface area contributed by atoms with Crippen LogP contribution in [0.1, 0.15) is 17.0 Å². The maximum absolute atomic E-state index is 14.9. The number of ether oxygens (including phenoxy) is 2. The highest BCUT2D eigenvalue weighted by molar-refractivity contribution is 6.36. The highest BCUT2D eigenvalue weighted by Gasteiger charge is 2.30. The minimum atomic E-state index is -0.438. The average Bonchev–Trinajstić information content (AvgIpc) is 3.24. The topological polar surface area (TPSA) is 76.2 Å². The normalized spacial score (nSPS) is 14.1. The van der Waals surface area contributed by atoms with Crippen LogP contribution >= 0.6 is 0 Å². The minimum Gasteiger partial charge on any atom is -0.493 e. The van der Waals surface area contributed by atoms with E-state index in [9.17, 15) is 9.18 Å². The number of hydrogen-bond donors (Lipinski definition) is 2. The molecule has 7 heteroatoms. The van der Waals surface area contributed by atoms with Gasteiger partial charge >= 0.3 is 0 Å². The summed E-state index contributed by atoms with van der Waals surface area (Å²) in [6.07, 6.45) is 3.22. The van der Waals surface area contributed by atoms with E-state index >= 15 is 0 Å². The first kappa shape index (κ1) is 17.8. The summed E-state index contributed by atoms with van der Waals surface area (Å²) in [6.45, 7) is 1.86. The van der Waals surface area contributed by atoms with Gasteiger partial charge in [-0.25, -0.2) is 9.37 Å². The molecule has 0 bridgehead atoms. The summed E-state index contributed by atoms with van der Waals surface area (Å²) >= 11 is 0. The molecule has 1 amide bonds. The van der Waals surface area contributed by atoms with Crippen molar-refractivity contribution in [3.05, 3.63) is 59.4 Å². The molecule has 1 aromatic heterocycles. The Balaban J connectivity index is 1.95. The van der Waals surface area contributed by atoms with E-state index in [0.29, 0.717) is 45.1 Å². The Hall–Kier alpha value is -3.61. The van der Waals surface area contributed by atoms with Crippen LogP contribution in [0.4, 0.5) is 10.1 Å². The molecule has 6 nitrogen and oxygen atoms in total. The quantitative estimate of drug-likeness (QED) is 0.671. The number of nitrogens with one attached hydrogen (secondary N) is 2. The van der Waals surface area contributed by atoms with Crippen molar-refractivity contribution in [1.29, 1.82) is 0 Å². The number of hydrogen-bond acceptors (Lipinski definition) is 4. The number of rotatable bonds is 4. The molecule has 0 unspecified atom stereocenters. The molecular weight excluding hydrogens is 361 g/mol. The van der Waals surface area contributed by atoms with Gasteiger partial charge in [-0.05, 0) is 42.8 Å². The van der Waals surface area contributed by atoms with Crippen molar-refractivity contribution >= 4 is 23.2 Å². The first-order valence-electron chi connectivity index (χ1n) is 8.61. The van der Waals surface area contributed by atoms with Gasteiger partial charge in [0.05, 0.1) is 31.8 Å². The third-order valence-electron chi connectivity index (χ3n) is 4.74. The summed E-state index contributed by atoms with van der Waals surface area (Å²) in [5.41, 5.74) is 3.74. The zero-order chi connectivity index (χ0) is 19.8. The van der Waals surface area contributed by atoms with Gasteiger partial charge in [0.2, 0.25) is 0 Å². The lowest BCUT2D eigenvalue weighted by molar-refractivity contribution is -0.110. The van der Waals surface area contributed by atoms with E-state index in [4.69, 9.17) is 9.47 Å². The van der Waals surface area contributed by atoms with Gasteiger partial charge in [-0.15, -0.1) is 0 Å². The third kappa shape index (κ3) is 2.81. The van der Waals surface area contributed by atoms with Crippen LogP contribution in [0.3, 0.4) is 0 Å². The Labute approximate surface area is 161 Å². The number of amides is 1. The number of carbonyl (C=O) groups is 1. The lowest BCUT2D eigenvalue weighted by Crippen LogP contribution is -2.03. The van der Waals surface area contributed by atoms with E-state index < -0.39 is 5.82 Å². The fourth-order valence-electron chi connectivity index (χ4n) is 3.33. The van der Waals surface area contributed by atoms with Crippen molar-refractivity contribution < 1.29 is 18.7 Å². The van der Waals surface area contributed by atoms with Crippen molar-refractivity contribution in [1.82, 2.24) is 9.97 Å². The van der Waals surface area contributed by atoms with E-state index in [-0.39, 0.29) is 5.91 Å². The molecule has 0 atom stereocenters. The van der Waals surface area contributed by atoms with Crippen molar-refractivity contribution in [3.8, 4) is 22.6 Å². The second kappa shape index (κ2) is 6.84. The SMILES string of the molecule is COc1ccc(-c2c(F)ccc3c2C(=Cc2nc[nH]c2C)C(=O)N3)cc1OC. The van der Waals surface area contributed by atoms with Crippen LogP contribution in [0.25, 0.3) is 22.8 Å². The molecule has 0 saturated carbocycles. The summed E-state index contributed by atoms with van der Waals surface area (Å²) in [5.74, 6) is 0.274. The zero-order valence-corrected chi connectivity index (χ0v) is 15.6. The van der Waals surface area contributed by atoms with Gasteiger partial charge in [0, 0.05) is 22.5 Å². The molecule has 142 valence electrons. The molecule has 1 aliphatic rings. The summed E-state index contributed by atoms with van der Waals surface area (Å²) in [5, 5.41) is 2.80. The molecule has 0 spiro atoms. The molecule has 4 rings (SSSR count). The van der Waals surface area contributed by atoms with Crippen LogP contribution in [0.15, 0.2) is 36.7 Å². The van der Waals surface area contributed by atoms with Crippen molar-refractivity contribution in [2.24, 2.45) is 0 Å². The Kier molecular flexibility index (Phi) is 4.35. The van der Waals surface area contributed by atoms with Gasteiger partial charge < -0.3 is 19.8 Å².